The topological polar surface area (TPSA) is 54.5 Å². The van der Waals surface area contributed by atoms with Crippen LogP contribution in [0.25, 0.3) is 10.6 Å². The van der Waals surface area contributed by atoms with Crippen molar-refractivity contribution in [2.75, 3.05) is 32.8 Å². The lowest BCUT2D eigenvalue weighted by Gasteiger charge is -2.31. The lowest BCUT2D eigenvalue weighted by atomic mass is 10.1. The molecular weight excluding hydrogens is 378 g/mol. The monoisotopic (exact) mass is 399 g/mol. The van der Waals surface area contributed by atoms with E-state index in [2.05, 4.69) is 27.3 Å². The fourth-order valence-electron chi connectivity index (χ4n) is 3.09. The zero-order chi connectivity index (χ0) is 18.5. The summed E-state index contributed by atoms with van der Waals surface area (Å²) < 4.78 is 5.44. The highest BCUT2D eigenvalue weighted by Crippen LogP contribution is 2.26. The van der Waals surface area contributed by atoms with E-state index < -0.39 is 0 Å². The van der Waals surface area contributed by atoms with E-state index in [1.807, 2.05) is 40.4 Å². The Morgan fingerprint density at radius 3 is 2.74 bits per heavy atom. The van der Waals surface area contributed by atoms with E-state index >= 15 is 0 Å². The molecule has 0 bridgehead atoms. The molecule has 0 unspecified atom stereocenters. The molecule has 4 rings (SSSR count). The van der Waals surface area contributed by atoms with Gasteiger partial charge in [0, 0.05) is 36.0 Å². The van der Waals surface area contributed by atoms with E-state index in [0.717, 1.165) is 49.0 Å². The van der Waals surface area contributed by atoms with Crippen LogP contribution in [-0.4, -0.2) is 48.6 Å². The van der Waals surface area contributed by atoms with Gasteiger partial charge >= 0.3 is 0 Å². The molecule has 0 radical (unpaired) electrons. The van der Waals surface area contributed by atoms with Crippen molar-refractivity contribution in [3.05, 3.63) is 63.8 Å². The average molecular weight is 400 g/mol. The Hall–Kier alpha value is -2.06. The second kappa shape index (κ2) is 8.75. The predicted molar refractivity (Wildman–Crippen MR) is 109 cm³/mol. The SMILES string of the molecule is O=C(N[C@@H](CN1CCOCC1)c1ccccc1)c1csc(-c2ccsc2)n1. The van der Waals surface area contributed by atoms with Crippen LogP contribution >= 0.6 is 22.7 Å². The Bertz CT molecular complexity index is 859. The molecule has 3 heterocycles. The number of aromatic nitrogens is 1. The maximum Gasteiger partial charge on any atom is 0.271 e. The van der Waals surface area contributed by atoms with Gasteiger partial charge in [-0.25, -0.2) is 4.98 Å². The molecule has 27 heavy (non-hydrogen) atoms. The minimum absolute atomic E-state index is 0.0805. The number of hydrogen-bond acceptors (Lipinski definition) is 6. The number of carbonyl (C=O) groups excluding carboxylic acids is 1. The normalized spacial score (nSPS) is 16.1. The lowest BCUT2D eigenvalue weighted by molar-refractivity contribution is 0.0332. The van der Waals surface area contributed by atoms with Gasteiger partial charge in [0.1, 0.15) is 10.7 Å². The predicted octanol–water partition coefficient (Wildman–Crippen LogP) is 3.67. The third-order valence-electron chi connectivity index (χ3n) is 4.56. The zero-order valence-electron chi connectivity index (χ0n) is 14.8. The van der Waals surface area contributed by atoms with Gasteiger partial charge in [0.15, 0.2) is 0 Å². The maximum atomic E-state index is 12.8. The third-order valence-corrected chi connectivity index (χ3v) is 6.13. The van der Waals surface area contributed by atoms with Crippen LogP contribution in [0.5, 0.6) is 0 Å². The van der Waals surface area contributed by atoms with E-state index in [1.165, 1.54) is 11.3 Å². The van der Waals surface area contributed by atoms with Gasteiger partial charge in [-0.05, 0) is 17.0 Å². The van der Waals surface area contributed by atoms with Crippen LogP contribution in [0, 0.1) is 0 Å². The summed E-state index contributed by atoms with van der Waals surface area (Å²) in [7, 11) is 0. The molecule has 2 aromatic heterocycles. The van der Waals surface area contributed by atoms with E-state index in [0.29, 0.717) is 5.69 Å². The van der Waals surface area contributed by atoms with Gasteiger partial charge < -0.3 is 10.1 Å². The second-order valence-electron chi connectivity index (χ2n) is 6.40. The zero-order valence-corrected chi connectivity index (χ0v) is 16.5. The van der Waals surface area contributed by atoms with Crippen molar-refractivity contribution in [2.45, 2.75) is 6.04 Å². The van der Waals surface area contributed by atoms with Crippen LogP contribution in [-0.2, 0) is 4.74 Å². The van der Waals surface area contributed by atoms with Gasteiger partial charge in [0.25, 0.3) is 5.91 Å². The van der Waals surface area contributed by atoms with Crippen molar-refractivity contribution in [3.8, 4) is 10.6 Å². The fourth-order valence-corrected chi connectivity index (χ4v) is 4.60. The summed E-state index contributed by atoms with van der Waals surface area (Å²) in [6, 6.07) is 12.1. The summed E-state index contributed by atoms with van der Waals surface area (Å²) in [6.45, 7) is 4.02. The van der Waals surface area contributed by atoms with Gasteiger partial charge in [-0.2, -0.15) is 11.3 Å². The quantitative estimate of drug-likeness (QED) is 0.687. The van der Waals surface area contributed by atoms with Crippen LogP contribution in [0.15, 0.2) is 52.5 Å². The molecule has 1 aromatic carbocycles. The molecule has 3 aromatic rings. The molecule has 0 aliphatic carbocycles. The Morgan fingerprint density at radius 2 is 2.00 bits per heavy atom. The largest absolute Gasteiger partial charge is 0.379 e. The first-order valence-corrected chi connectivity index (χ1v) is 10.8. The first kappa shape index (κ1) is 18.3. The van der Waals surface area contributed by atoms with Crippen molar-refractivity contribution >= 4 is 28.6 Å². The van der Waals surface area contributed by atoms with Gasteiger partial charge in [-0.3, -0.25) is 9.69 Å². The fraction of sp³-hybridized carbons (Fsp3) is 0.300. The van der Waals surface area contributed by atoms with E-state index in [9.17, 15) is 4.79 Å². The number of hydrogen-bond donors (Lipinski definition) is 1. The Labute approximate surface area is 166 Å². The van der Waals surface area contributed by atoms with Crippen LogP contribution in [0.1, 0.15) is 22.1 Å². The number of ether oxygens (including phenoxy) is 1. The lowest BCUT2D eigenvalue weighted by Crippen LogP contribution is -2.43. The van der Waals surface area contributed by atoms with E-state index in [1.54, 1.807) is 11.3 Å². The molecule has 1 N–H and O–H groups in total. The maximum absolute atomic E-state index is 12.8. The summed E-state index contributed by atoms with van der Waals surface area (Å²) in [4.78, 5) is 19.7. The Morgan fingerprint density at radius 1 is 1.19 bits per heavy atom. The Balaban J connectivity index is 1.49. The average Bonchev–Trinajstić information content (AvgIpc) is 3.41. The van der Waals surface area contributed by atoms with Gasteiger partial charge in [0.2, 0.25) is 0 Å². The highest BCUT2D eigenvalue weighted by molar-refractivity contribution is 7.14. The van der Waals surface area contributed by atoms with Crippen LogP contribution in [0.3, 0.4) is 0 Å². The molecule has 7 heteroatoms. The molecule has 0 saturated carbocycles. The molecule has 1 amide bonds. The number of carbonyl (C=O) groups is 1. The van der Waals surface area contributed by atoms with Crippen molar-refractivity contribution in [1.29, 1.82) is 0 Å². The molecular formula is C20H21N3O2S2. The first-order valence-electron chi connectivity index (χ1n) is 8.93. The standard InChI is InChI=1S/C20H21N3O2S2/c24-19(18-14-27-20(22-18)16-6-11-26-13-16)21-17(15-4-2-1-3-5-15)12-23-7-9-25-10-8-23/h1-6,11,13-14,17H,7-10,12H2,(H,21,24)/t17-/m0/s1. The van der Waals surface area contributed by atoms with Crippen LogP contribution in [0.2, 0.25) is 0 Å². The number of nitrogens with zero attached hydrogens (tertiary/aromatic N) is 2. The molecule has 1 aliphatic heterocycles. The van der Waals surface area contributed by atoms with Crippen molar-refractivity contribution in [2.24, 2.45) is 0 Å². The minimum Gasteiger partial charge on any atom is -0.379 e. The summed E-state index contributed by atoms with van der Waals surface area (Å²) in [5.74, 6) is -0.130. The van der Waals surface area contributed by atoms with Gasteiger partial charge in [-0.15, -0.1) is 11.3 Å². The van der Waals surface area contributed by atoms with Crippen LogP contribution < -0.4 is 5.32 Å². The number of morpholine rings is 1. The van der Waals surface area contributed by atoms with Gasteiger partial charge in [-0.1, -0.05) is 30.3 Å². The summed E-state index contributed by atoms with van der Waals surface area (Å²) in [5.41, 5.74) is 2.65. The first-order chi connectivity index (χ1) is 13.3. The molecule has 1 atom stereocenters. The number of thiazole rings is 1. The molecule has 1 fully saturated rings. The highest BCUT2D eigenvalue weighted by atomic mass is 32.1. The summed E-state index contributed by atoms with van der Waals surface area (Å²) >= 11 is 3.13. The van der Waals surface area contributed by atoms with Crippen LogP contribution in [0.4, 0.5) is 0 Å². The number of rotatable bonds is 6. The van der Waals surface area contributed by atoms with Crippen molar-refractivity contribution < 1.29 is 9.53 Å². The number of amides is 1. The molecule has 5 nitrogen and oxygen atoms in total. The number of benzene rings is 1. The van der Waals surface area contributed by atoms with E-state index in [-0.39, 0.29) is 11.9 Å². The van der Waals surface area contributed by atoms with Crippen molar-refractivity contribution in [3.63, 3.8) is 0 Å². The summed E-state index contributed by atoms with van der Waals surface area (Å²) in [6.07, 6.45) is 0. The molecule has 1 aliphatic rings. The Kier molecular flexibility index (Phi) is 5.94. The molecule has 140 valence electrons. The number of thiophene rings is 1. The highest BCUT2D eigenvalue weighted by Gasteiger charge is 2.22. The van der Waals surface area contributed by atoms with Gasteiger partial charge in [0.05, 0.1) is 19.3 Å². The second-order valence-corrected chi connectivity index (χ2v) is 8.04. The van der Waals surface area contributed by atoms with Crippen molar-refractivity contribution in [1.82, 2.24) is 15.2 Å². The summed E-state index contributed by atoms with van der Waals surface area (Å²) in [5, 5.41) is 9.96. The molecule has 1 saturated heterocycles. The molecule has 0 spiro atoms. The minimum atomic E-state index is -0.130. The number of nitrogens with one attached hydrogen (secondary N) is 1. The van der Waals surface area contributed by atoms with E-state index in [4.69, 9.17) is 4.74 Å². The third kappa shape index (κ3) is 4.62. The smallest absolute Gasteiger partial charge is 0.271 e.